The van der Waals surface area contributed by atoms with E-state index in [-0.39, 0.29) is 11.9 Å². The van der Waals surface area contributed by atoms with Crippen molar-refractivity contribution < 1.29 is 14.5 Å². The topological polar surface area (TPSA) is 58.9 Å². The first-order chi connectivity index (χ1) is 9.66. The van der Waals surface area contributed by atoms with Crippen LogP contribution in [0.25, 0.3) is 0 Å². The van der Waals surface area contributed by atoms with E-state index in [0.29, 0.717) is 13.1 Å². The average Bonchev–Trinajstić information content (AvgIpc) is 2.96. The van der Waals surface area contributed by atoms with E-state index in [4.69, 9.17) is 16.0 Å². The molecule has 106 valence electrons. The summed E-state index contributed by atoms with van der Waals surface area (Å²) in [7, 11) is 0. The molecule has 5 heteroatoms. The van der Waals surface area contributed by atoms with Crippen LogP contribution in [0.5, 0.6) is 0 Å². The fourth-order valence-corrected chi connectivity index (χ4v) is 2.23. The lowest BCUT2D eigenvalue weighted by molar-refractivity contribution is -0.682. The molecule has 0 fully saturated rings. The van der Waals surface area contributed by atoms with Crippen LogP contribution in [0.1, 0.15) is 24.3 Å². The molecule has 0 bridgehead atoms. The van der Waals surface area contributed by atoms with E-state index in [2.05, 4.69) is 5.32 Å². The normalized spacial score (nSPS) is 12.1. The monoisotopic (exact) mass is 293 g/mol. The molecule has 1 atom stereocenters. The fourth-order valence-electron chi connectivity index (χ4n) is 1.93. The first-order valence-corrected chi connectivity index (χ1v) is 6.91. The summed E-state index contributed by atoms with van der Waals surface area (Å²) in [6.07, 6.45) is 1.59. The van der Waals surface area contributed by atoms with Crippen molar-refractivity contribution in [1.82, 2.24) is 5.32 Å². The molecule has 0 unspecified atom stereocenters. The second-order valence-corrected chi connectivity index (χ2v) is 5.01. The van der Waals surface area contributed by atoms with Crippen molar-refractivity contribution in [3.63, 3.8) is 0 Å². The summed E-state index contributed by atoms with van der Waals surface area (Å²) in [5.74, 6) is 0.720. The Hall–Kier alpha value is -1.78. The molecule has 0 radical (unpaired) electrons. The highest BCUT2D eigenvalue weighted by molar-refractivity contribution is 6.31. The van der Waals surface area contributed by atoms with Crippen LogP contribution in [0.2, 0.25) is 5.02 Å². The first kappa shape index (κ1) is 14.6. The Balaban J connectivity index is 1.77. The molecule has 3 N–H and O–H groups in total. The largest absolute Gasteiger partial charge is 0.467 e. The third kappa shape index (κ3) is 4.11. The van der Waals surface area contributed by atoms with Gasteiger partial charge in [-0.05, 0) is 25.1 Å². The van der Waals surface area contributed by atoms with Gasteiger partial charge >= 0.3 is 0 Å². The summed E-state index contributed by atoms with van der Waals surface area (Å²) in [6.45, 7) is 2.80. The van der Waals surface area contributed by atoms with E-state index >= 15 is 0 Å². The zero-order valence-corrected chi connectivity index (χ0v) is 12.1. The highest BCUT2D eigenvalue weighted by Crippen LogP contribution is 2.19. The Labute approximate surface area is 123 Å². The van der Waals surface area contributed by atoms with Gasteiger partial charge < -0.3 is 15.1 Å². The van der Waals surface area contributed by atoms with Crippen LogP contribution in [0.4, 0.5) is 0 Å². The second kappa shape index (κ2) is 7.12. The molecule has 0 saturated heterocycles. The number of nitrogens with one attached hydrogen (secondary N) is 1. The number of hydrogen-bond acceptors (Lipinski definition) is 2. The fraction of sp³-hybridized carbons (Fsp3) is 0.267. The van der Waals surface area contributed by atoms with Gasteiger partial charge in [-0.3, -0.25) is 4.79 Å². The molecule has 1 heterocycles. The first-order valence-electron chi connectivity index (χ1n) is 6.53. The van der Waals surface area contributed by atoms with Crippen LogP contribution in [-0.2, 0) is 11.3 Å². The Morgan fingerprint density at radius 1 is 1.35 bits per heavy atom. The third-order valence-electron chi connectivity index (χ3n) is 3.09. The maximum atomic E-state index is 11.7. The molecule has 2 aromatic rings. The van der Waals surface area contributed by atoms with Crippen LogP contribution >= 0.6 is 11.6 Å². The molecule has 2 rings (SSSR count). The zero-order chi connectivity index (χ0) is 14.4. The van der Waals surface area contributed by atoms with Gasteiger partial charge in [0.05, 0.1) is 12.8 Å². The Bertz CT molecular complexity index is 555. The standard InChI is InChI=1S/C15H17ClN2O2/c1-11(13-6-2-3-7-14(13)16)17-10-15(19)18-9-12-5-4-8-20-12/h2-8,11,17H,9-10H2,1H3,(H,18,19)/p+1/t11-/m1/s1. The van der Waals surface area contributed by atoms with E-state index in [0.717, 1.165) is 16.3 Å². The summed E-state index contributed by atoms with van der Waals surface area (Å²) in [5.41, 5.74) is 1.04. The van der Waals surface area contributed by atoms with Crippen LogP contribution in [0.15, 0.2) is 47.1 Å². The number of halogens is 1. The van der Waals surface area contributed by atoms with Crippen molar-refractivity contribution in [1.29, 1.82) is 0 Å². The van der Waals surface area contributed by atoms with Gasteiger partial charge in [-0.1, -0.05) is 29.8 Å². The molecule has 1 aromatic heterocycles. The van der Waals surface area contributed by atoms with Crippen LogP contribution in [0, 0.1) is 0 Å². The van der Waals surface area contributed by atoms with E-state index in [1.54, 1.807) is 12.3 Å². The molecule has 0 aliphatic heterocycles. The van der Waals surface area contributed by atoms with Gasteiger partial charge in [-0.25, -0.2) is 0 Å². The van der Waals surface area contributed by atoms with Crippen molar-refractivity contribution in [2.24, 2.45) is 0 Å². The van der Waals surface area contributed by atoms with E-state index in [9.17, 15) is 4.79 Å². The summed E-state index contributed by atoms with van der Waals surface area (Å²) in [6, 6.07) is 11.4. The summed E-state index contributed by atoms with van der Waals surface area (Å²) in [4.78, 5) is 11.7. The zero-order valence-electron chi connectivity index (χ0n) is 11.3. The molecule has 20 heavy (non-hydrogen) atoms. The minimum Gasteiger partial charge on any atom is -0.467 e. The van der Waals surface area contributed by atoms with Crippen LogP contribution in [0.3, 0.4) is 0 Å². The van der Waals surface area contributed by atoms with Gasteiger partial charge in [-0.15, -0.1) is 0 Å². The number of nitrogens with two attached hydrogens (primary N) is 1. The number of quaternary nitrogens is 1. The van der Waals surface area contributed by atoms with Crippen molar-refractivity contribution in [2.45, 2.75) is 19.5 Å². The van der Waals surface area contributed by atoms with Gasteiger partial charge in [0.1, 0.15) is 11.8 Å². The second-order valence-electron chi connectivity index (χ2n) is 4.61. The lowest BCUT2D eigenvalue weighted by Gasteiger charge is -2.12. The van der Waals surface area contributed by atoms with E-state index < -0.39 is 0 Å². The number of rotatable bonds is 6. The summed E-state index contributed by atoms with van der Waals surface area (Å²) >= 11 is 6.13. The van der Waals surface area contributed by atoms with Crippen molar-refractivity contribution in [3.05, 3.63) is 59.0 Å². The summed E-state index contributed by atoms with van der Waals surface area (Å²) < 4.78 is 5.15. The molecule has 0 aliphatic carbocycles. The lowest BCUT2D eigenvalue weighted by atomic mass is 10.1. The Morgan fingerprint density at radius 2 is 2.15 bits per heavy atom. The third-order valence-corrected chi connectivity index (χ3v) is 3.44. The van der Waals surface area contributed by atoms with Crippen molar-refractivity contribution in [2.75, 3.05) is 6.54 Å². The molecular weight excluding hydrogens is 276 g/mol. The minimum atomic E-state index is -0.0275. The average molecular weight is 294 g/mol. The number of amides is 1. The number of carbonyl (C=O) groups is 1. The number of carbonyl (C=O) groups excluding carboxylic acids is 1. The molecule has 0 spiro atoms. The van der Waals surface area contributed by atoms with Gasteiger partial charge in [0.25, 0.3) is 5.91 Å². The van der Waals surface area contributed by atoms with Crippen molar-refractivity contribution >= 4 is 17.5 Å². The highest BCUT2D eigenvalue weighted by Gasteiger charge is 2.13. The minimum absolute atomic E-state index is 0.0275. The van der Waals surface area contributed by atoms with Gasteiger partial charge in [0.2, 0.25) is 0 Å². The predicted octanol–water partition coefficient (Wildman–Crippen LogP) is 1.87. The SMILES string of the molecule is C[C@@H]([NH2+]CC(=O)NCc1ccco1)c1ccccc1Cl. The Kier molecular flexibility index (Phi) is 5.21. The Morgan fingerprint density at radius 3 is 2.85 bits per heavy atom. The lowest BCUT2D eigenvalue weighted by Crippen LogP contribution is -2.87. The summed E-state index contributed by atoms with van der Waals surface area (Å²) in [5, 5.41) is 5.50. The van der Waals surface area contributed by atoms with E-state index in [1.807, 2.05) is 42.6 Å². The highest BCUT2D eigenvalue weighted by atomic mass is 35.5. The van der Waals surface area contributed by atoms with Crippen LogP contribution in [-0.4, -0.2) is 12.5 Å². The molecular formula is C15H18ClN2O2+. The predicted molar refractivity (Wildman–Crippen MR) is 77.2 cm³/mol. The number of furan rings is 1. The maximum Gasteiger partial charge on any atom is 0.275 e. The van der Waals surface area contributed by atoms with Gasteiger partial charge in [0, 0.05) is 10.6 Å². The quantitative estimate of drug-likeness (QED) is 0.854. The molecule has 1 aromatic carbocycles. The van der Waals surface area contributed by atoms with Gasteiger partial charge in [-0.2, -0.15) is 0 Å². The number of benzene rings is 1. The van der Waals surface area contributed by atoms with Gasteiger partial charge in [0.15, 0.2) is 6.54 Å². The maximum absolute atomic E-state index is 11.7. The molecule has 4 nitrogen and oxygen atoms in total. The van der Waals surface area contributed by atoms with E-state index in [1.165, 1.54) is 0 Å². The molecule has 1 amide bonds. The smallest absolute Gasteiger partial charge is 0.275 e. The van der Waals surface area contributed by atoms with Crippen LogP contribution < -0.4 is 10.6 Å². The number of hydrogen-bond donors (Lipinski definition) is 2. The molecule has 0 aliphatic rings. The molecule has 0 saturated carbocycles. The van der Waals surface area contributed by atoms with Crippen molar-refractivity contribution in [3.8, 4) is 0 Å².